The lowest BCUT2D eigenvalue weighted by Gasteiger charge is -2.14. The number of carbonyl (C=O) groups excluding carboxylic acids is 1. The number of non-ortho nitro benzene ring substituents is 1. The van der Waals surface area contributed by atoms with Crippen LogP contribution in [0.3, 0.4) is 0 Å². The molecular formula is C21H20N4O4S. The normalized spacial score (nSPS) is 15.9. The summed E-state index contributed by atoms with van der Waals surface area (Å²) in [4.78, 5) is 23.0. The van der Waals surface area contributed by atoms with E-state index in [9.17, 15) is 14.9 Å². The number of Topliss-reactive ketones (excluding diaryl/α,β-unsaturated/α-hetero) is 1. The monoisotopic (exact) mass is 424 g/mol. The van der Waals surface area contributed by atoms with Gasteiger partial charge in [0.05, 0.1) is 23.3 Å². The minimum Gasteiger partial charge on any atom is -0.376 e. The maximum absolute atomic E-state index is 12.5. The van der Waals surface area contributed by atoms with Gasteiger partial charge in [-0.2, -0.15) is 0 Å². The van der Waals surface area contributed by atoms with Crippen molar-refractivity contribution in [1.29, 1.82) is 0 Å². The van der Waals surface area contributed by atoms with Crippen LogP contribution in [0.2, 0.25) is 0 Å². The number of hydrogen-bond donors (Lipinski definition) is 0. The van der Waals surface area contributed by atoms with Gasteiger partial charge >= 0.3 is 0 Å². The Labute approximate surface area is 177 Å². The van der Waals surface area contributed by atoms with Crippen LogP contribution in [0.15, 0.2) is 59.8 Å². The van der Waals surface area contributed by atoms with E-state index >= 15 is 0 Å². The van der Waals surface area contributed by atoms with E-state index in [1.807, 2.05) is 22.8 Å². The lowest BCUT2D eigenvalue weighted by Crippen LogP contribution is -2.17. The predicted octanol–water partition coefficient (Wildman–Crippen LogP) is 4.01. The standard InChI is InChI=1S/C21H20N4O4S/c26-19(15-5-2-1-3-6-15)14-30-21-23-22-20(24(21)13-18-7-4-12-29-18)16-8-10-17(11-9-16)25(27)28/h1-3,5-6,8-11,18H,4,7,12-14H2. The lowest BCUT2D eigenvalue weighted by molar-refractivity contribution is -0.384. The molecule has 1 aromatic heterocycles. The molecule has 0 bridgehead atoms. The predicted molar refractivity (Wildman–Crippen MR) is 113 cm³/mol. The third-order valence-corrected chi connectivity index (χ3v) is 5.86. The SMILES string of the molecule is O=C(CSc1nnc(-c2ccc([N+](=O)[O-])cc2)n1CC1CCCO1)c1ccccc1. The average molecular weight is 424 g/mol. The third kappa shape index (κ3) is 4.58. The van der Waals surface area contributed by atoms with Gasteiger partial charge in [-0.1, -0.05) is 42.1 Å². The molecule has 1 saturated heterocycles. The van der Waals surface area contributed by atoms with E-state index in [-0.39, 0.29) is 23.3 Å². The van der Waals surface area contributed by atoms with Gasteiger partial charge in [-0.05, 0) is 25.0 Å². The van der Waals surface area contributed by atoms with Crippen molar-refractivity contribution in [2.75, 3.05) is 12.4 Å². The zero-order chi connectivity index (χ0) is 20.9. The van der Waals surface area contributed by atoms with E-state index in [1.54, 1.807) is 24.3 Å². The number of hydrogen-bond acceptors (Lipinski definition) is 7. The van der Waals surface area contributed by atoms with Crippen molar-refractivity contribution in [2.24, 2.45) is 0 Å². The summed E-state index contributed by atoms with van der Waals surface area (Å²) < 4.78 is 7.72. The molecule has 1 unspecified atom stereocenters. The number of rotatable bonds is 8. The number of nitro benzene ring substituents is 1. The van der Waals surface area contributed by atoms with Crippen LogP contribution >= 0.6 is 11.8 Å². The van der Waals surface area contributed by atoms with Crippen molar-refractivity contribution >= 4 is 23.2 Å². The summed E-state index contributed by atoms with van der Waals surface area (Å²) in [6.45, 7) is 1.30. The summed E-state index contributed by atoms with van der Waals surface area (Å²) in [6.07, 6.45) is 2.02. The van der Waals surface area contributed by atoms with Gasteiger partial charge in [-0.15, -0.1) is 10.2 Å². The highest BCUT2D eigenvalue weighted by atomic mass is 32.2. The van der Waals surface area contributed by atoms with Crippen molar-refractivity contribution in [3.05, 3.63) is 70.3 Å². The average Bonchev–Trinajstić information content (AvgIpc) is 3.43. The van der Waals surface area contributed by atoms with Gasteiger partial charge < -0.3 is 4.74 Å². The summed E-state index contributed by atoms with van der Waals surface area (Å²) in [7, 11) is 0. The summed E-state index contributed by atoms with van der Waals surface area (Å²) in [5.41, 5.74) is 1.41. The van der Waals surface area contributed by atoms with Crippen molar-refractivity contribution < 1.29 is 14.5 Å². The molecule has 1 aliphatic heterocycles. The second-order valence-electron chi connectivity index (χ2n) is 6.93. The molecule has 1 fully saturated rings. The topological polar surface area (TPSA) is 100 Å². The molecule has 2 heterocycles. The Morgan fingerprint density at radius 3 is 2.60 bits per heavy atom. The summed E-state index contributed by atoms with van der Waals surface area (Å²) in [5, 5.41) is 20.2. The van der Waals surface area contributed by atoms with Gasteiger partial charge in [0.2, 0.25) is 0 Å². The van der Waals surface area contributed by atoms with E-state index in [0.29, 0.717) is 23.1 Å². The van der Waals surface area contributed by atoms with Gasteiger partial charge in [0.15, 0.2) is 16.8 Å². The molecule has 0 spiro atoms. The maximum atomic E-state index is 12.5. The summed E-state index contributed by atoms with van der Waals surface area (Å²) >= 11 is 1.33. The second kappa shape index (κ2) is 9.19. The number of nitro groups is 1. The van der Waals surface area contributed by atoms with Crippen LogP contribution in [0.1, 0.15) is 23.2 Å². The molecule has 30 heavy (non-hydrogen) atoms. The molecule has 0 N–H and O–H groups in total. The number of ketones is 1. The van der Waals surface area contributed by atoms with Crippen molar-refractivity contribution in [1.82, 2.24) is 14.8 Å². The lowest BCUT2D eigenvalue weighted by atomic mass is 10.2. The zero-order valence-electron chi connectivity index (χ0n) is 16.1. The zero-order valence-corrected chi connectivity index (χ0v) is 17.0. The second-order valence-corrected chi connectivity index (χ2v) is 7.88. The van der Waals surface area contributed by atoms with E-state index in [2.05, 4.69) is 10.2 Å². The Balaban J connectivity index is 1.58. The van der Waals surface area contributed by atoms with Crippen LogP contribution in [0, 0.1) is 10.1 Å². The molecule has 1 aliphatic rings. The Kier molecular flexibility index (Phi) is 6.20. The number of ether oxygens (including phenoxy) is 1. The Morgan fingerprint density at radius 1 is 1.17 bits per heavy atom. The highest BCUT2D eigenvalue weighted by Crippen LogP contribution is 2.28. The fourth-order valence-electron chi connectivity index (χ4n) is 3.34. The molecule has 0 amide bonds. The maximum Gasteiger partial charge on any atom is 0.269 e. The van der Waals surface area contributed by atoms with E-state index in [0.717, 1.165) is 25.0 Å². The van der Waals surface area contributed by atoms with Gasteiger partial charge in [0.25, 0.3) is 5.69 Å². The first-order valence-corrected chi connectivity index (χ1v) is 10.6. The van der Waals surface area contributed by atoms with Gasteiger partial charge in [0.1, 0.15) is 0 Å². The minimum atomic E-state index is -0.433. The van der Waals surface area contributed by atoms with Crippen molar-refractivity contribution in [3.63, 3.8) is 0 Å². The van der Waals surface area contributed by atoms with Gasteiger partial charge in [0, 0.05) is 29.9 Å². The highest BCUT2D eigenvalue weighted by molar-refractivity contribution is 7.99. The molecule has 0 radical (unpaired) electrons. The largest absolute Gasteiger partial charge is 0.376 e. The van der Waals surface area contributed by atoms with Crippen LogP contribution in [-0.2, 0) is 11.3 Å². The molecule has 8 nitrogen and oxygen atoms in total. The fourth-order valence-corrected chi connectivity index (χ4v) is 4.18. The Morgan fingerprint density at radius 2 is 1.93 bits per heavy atom. The summed E-state index contributed by atoms with van der Waals surface area (Å²) in [5.74, 6) is 0.868. The van der Waals surface area contributed by atoms with E-state index in [1.165, 1.54) is 23.9 Å². The van der Waals surface area contributed by atoms with E-state index < -0.39 is 4.92 Å². The number of nitrogens with zero attached hydrogens (tertiary/aromatic N) is 4. The van der Waals surface area contributed by atoms with Gasteiger partial charge in [-0.3, -0.25) is 19.5 Å². The van der Waals surface area contributed by atoms with Crippen LogP contribution in [0.4, 0.5) is 5.69 Å². The molecule has 2 aromatic carbocycles. The van der Waals surface area contributed by atoms with Crippen LogP contribution in [0.25, 0.3) is 11.4 Å². The van der Waals surface area contributed by atoms with Crippen LogP contribution in [-0.4, -0.2) is 43.9 Å². The highest BCUT2D eigenvalue weighted by Gasteiger charge is 2.22. The fraction of sp³-hybridized carbons (Fsp3) is 0.286. The first-order valence-electron chi connectivity index (χ1n) is 9.62. The molecular weight excluding hydrogens is 404 g/mol. The van der Waals surface area contributed by atoms with Crippen LogP contribution in [0.5, 0.6) is 0 Å². The number of benzene rings is 2. The molecule has 3 aromatic rings. The minimum absolute atomic E-state index is 0.0177. The number of carbonyl (C=O) groups is 1. The summed E-state index contributed by atoms with van der Waals surface area (Å²) in [6, 6.07) is 15.4. The molecule has 4 rings (SSSR count). The third-order valence-electron chi connectivity index (χ3n) is 4.89. The Hall–Kier alpha value is -3.04. The van der Waals surface area contributed by atoms with Crippen molar-refractivity contribution in [2.45, 2.75) is 30.6 Å². The Bertz CT molecular complexity index is 1030. The van der Waals surface area contributed by atoms with E-state index in [4.69, 9.17) is 4.74 Å². The van der Waals surface area contributed by atoms with Crippen LogP contribution < -0.4 is 0 Å². The number of thioether (sulfide) groups is 1. The first kappa shape index (κ1) is 20.2. The molecule has 154 valence electrons. The molecule has 9 heteroatoms. The quantitative estimate of drug-likeness (QED) is 0.233. The molecule has 1 atom stereocenters. The molecule has 0 saturated carbocycles. The number of aromatic nitrogens is 3. The smallest absolute Gasteiger partial charge is 0.269 e. The van der Waals surface area contributed by atoms with Gasteiger partial charge in [-0.25, -0.2) is 0 Å². The molecule has 0 aliphatic carbocycles. The first-order chi connectivity index (χ1) is 14.6. The van der Waals surface area contributed by atoms with Crippen molar-refractivity contribution in [3.8, 4) is 11.4 Å².